The predicted molar refractivity (Wildman–Crippen MR) is 68.7 cm³/mol. The Morgan fingerprint density at radius 1 is 1.39 bits per heavy atom. The number of halogens is 1. The summed E-state index contributed by atoms with van der Waals surface area (Å²) in [6, 6.07) is 5.98. The van der Waals surface area contributed by atoms with Crippen LogP contribution in [-0.2, 0) is 0 Å². The van der Waals surface area contributed by atoms with E-state index in [1.54, 1.807) is 12.1 Å². The fraction of sp³-hybridized carbons (Fsp3) is 0.462. The quantitative estimate of drug-likeness (QED) is 0.770. The third-order valence-electron chi connectivity index (χ3n) is 3.26. The van der Waals surface area contributed by atoms with Crippen molar-refractivity contribution in [2.24, 2.45) is 11.7 Å². The number of rotatable bonds is 3. The molecule has 0 radical (unpaired) electrons. The van der Waals surface area contributed by atoms with E-state index in [1.807, 2.05) is 0 Å². The highest BCUT2D eigenvalue weighted by Crippen LogP contribution is 2.23. The number of nitrogens with two attached hydrogens (primary N) is 1. The molecule has 0 heterocycles. The van der Waals surface area contributed by atoms with Gasteiger partial charge in [-0.05, 0) is 37.3 Å². The van der Waals surface area contributed by atoms with Crippen LogP contribution in [0.1, 0.15) is 19.3 Å². The highest BCUT2D eigenvalue weighted by molar-refractivity contribution is 5.89. The van der Waals surface area contributed by atoms with Gasteiger partial charge in [0.15, 0.2) is 0 Å². The SMILES string of the molecule is NC1CCC(CNC(=O)Nc2ccccc2F)C1. The molecule has 4 nitrogen and oxygen atoms in total. The molecule has 5 heteroatoms. The molecule has 2 rings (SSSR count). The first kappa shape index (κ1) is 12.8. The van der Waals surface area contributed by atoms with Gasteiger partial charge in [0.25, 0.3) is 0 Å². The molecule has 1 aromatic rings. The minimum Gasteiger partial charge on any atom is -0.338 e. The second-order valence-corrected chi connectivity index (χ2v) is 4.75. The Bertz CT molecular complexity index is 424. The fourth-order valence-corrected chi connectivity index (χ4v) is 2.27. The molecular weight excluding hydrogens is 233 g/mol. The zero-order valence-electron chi connectivity index (χ0n) is 10.2. The zero-order chi connectivity index (χ0) is 13.0. The highest BCUT2D eigenvalue weighted by Gasteiger charge is 2.21. The van der Waals surface area contributed by atoms with E-state index in [9.17, 15) is 9.18 Å². The third-order valence-corrected chi connectivity index (χ3v) is 3.26. The van der Waals surface area contributed by atoms with Crippen LogP contribution in [0.4, 0.5) is 14.9 Å². The van der Waals surface area contributed by atoms with Crippen molar-refractivity contribution in [2.45, 2.75) is 25.3 Å². The van der Waals surface area contributed by atoms with E-state index in [0.29, 0.717) is 12.5 Å². The number of urea groups is 1. The maximum atomic E-state index is 13.3. The van der Waals surface area contributed by atoms with Crippen LogP contribution >= 0.6 is 0 Å². The van der Waals surface area contributed by atoms with E-state index in [1.165, 1.54) is 12.1 Å². The van der Waals surface area contributed by atoms with Gasteiger partial charge in [-0.1, -0.05) is 12.1 Å². The first-order chi connectivity index (χ1) is 8.65. The van der Waals surface area contributed by atoms with Crippen molar-refractivity contribution < 1.29 is 9.18 Å². The topological polar surface area (TPSA) is 67.1 Å². The monoisotopic (exact) mass is 251 g/mol. The normalized spacial score (nSPS) is 22.8. The summed E-state index contributed by atoms with van der Waals surface area (Å²) < 4.78 is 13.3. The summed E-state index contributed by atoms with van der Waals surface area (Å²) >= 11 is 0. The largest absolute Gasteiger partial charge is 0.338 e. The first-order valence-corrected chi connectivity index (χ1v) is 6.20. The lowest BCUT2D eigenvalue weighted by molar-refractivity contribution is 0.250. The summed E-state index contributed by atoms with van der Waals surface area (Å²) in [5.74, 6) is 0.00177. The highest BCUT2D eigenvalue weighted by atomic mass is 19.1. The van der Waals surface area contributed by atoms with Crippen LogP contribution in [0.3, 0.4) is 0 Å². The van der Waals surface area contributed by atoms with Crippen LogP contribution in [0.25, 0.3) is 0 Å². The third kappa shape index (κ3) is 3.43. The molecule has 1 aliphatic rings. The first-order valence-electron chi connectivity index (χ1n) is 6.20. The molecular formula is C13H18FN3O. The Morgan fingerprint density at radius 3 is 2.83 bits per heavy atom. The van der Waals surface area contributed by atoms with Crippen LogP contribution in [0.2, 0.25) is 0 Å². The molecule has 1 saturated carbocycles. The molecule has 0 bridgehead atoms. The van der Waals surface area contributed by atoms with Crippen molar-refractivity contribution in [3.8, 4) is 0 Å². The molecule has 4 N–H and O–H groups in total. The van der Waals surface area contributed by atoms with Crippen LogP contribution in [0.5, 0.6) is 0 Å². The minimum absolute atomic E-state index is 0.193. The number of carbonyl (C=O) groups is 1. The van der Waals surface area contributed by atoms with Gasteiger partial charge in [-0.3, -0.25) is 0 Å². The van der Waals surface area contributed by atoms with Crippen molar-refractivity contribution >= 4 is 11.7 Å². The molecule has 0 aliphatic heterocycles. The van der Waals surface area contributed by atoms with Crippen molar-refractivity contribution in [2.75, 3.05) is 11.9 Å². The number of amides is 2. The second-order valence-electron chi connectivity index (χ2n) is 4.75. The van der Waals surface area contributed by atoms with Crippen LogP contribution in [-0.4, -0.2) is 18.6 Å². The van der Waals surface area contributed by atoms with E-state index in [4.69, 9.17) is 5.73 Å². The summed E-state index contributed by atoms with van der Waals surface area (Å²) in [6.07, 6.45) is 3.00. The predicted octanol–water partition coefficient (Wildman–Crippen LogP) is 2.07. The van der Waals surface area contributed by atoms with Gasteiger partial charge in [0.1, 0.15) is 5.82 Å². The van der Waals surface area contributed by atoms with Crippen molar-refractivity contribution in [1.29, 1.82) is 0 Å². The Kier molecular flexibility index (Phi) is 4.15. The van der Waals surface area contributed by atoms with Gasteiger partial charge in [-0.15, -0.1) is 0 Å². The van der Waals surface area contributed by atoms with Crippen LogP contribution in [0.15, 0.2) is 24.3 Å². The molecule has 1 aliphatic carbocycles. The lowest BCUT2D eigenvalue weighted by Crippen LogP contribution is -2.33. The average molecular weight is 251 g/mol. The molecule has 2 unspecified atom stereocenters. The van der Waals surface area contributed by atoms with Crippen molar-refractivity contribution in [3.63, 3.8) is 0 Å². The number of nitrogens with one attached hydrogen (secondary N) is 2. The average Bonchev–Trinajstić information content (AvgIpc) is 2.76. The maximum Gasteiger partial charge on any atom is 0.319 e. The molecule has 18 heavy (non-hydrogen) atoms. The standard InChI is InChI=1S/C13H18FN3O/c14-11-3-1-2-4-12(11)17-13(18)16-8-9-5-6-10(15)7-9/h1-4,9-10H,5-8,15H2,(H2,16,17,18). The summed E-state index contributed by atoms with van der Waals surface area (Å²) in [4.78, 5) is 11.6. The molecule has 0 spiro atoms. The second kappa shape index (κ2) is 5.82. The lowest BCUT2D eigenvalue weighted by Gasteiger charge is -2.12. The molecule has 1 aromatic carbocycles. The van der Waals surface area contributed by atoms with Gasteiger partial charge in [-0.25, -0.2) is 9.18 Å². The zero-order valence-corrected chi connectivity index (χ0v) is 10.2. The Labute approximate surface area is 106 Å². The summed E-state index contributed by atoms with van der Waals surface area (Å²) in [5.41, 5.74) is 5.99. The van der Waals surface area contributed by atoms with Gasteiger partial charge >= 0.3 is 6.03 Å². The van der Waals surface area contributed by atoms with Gasteiger partial charge < -0.3 is 16.4 Å². The number of para-hydroxylation sites is 1. The van der Waals surface area contributed by atoms with E-state index in [-0.39, 0.29) is 17.8 Å². The molecule has 2 atom stereocenters. The van der Waals surface area contributed by atoms with E-state index < -0.39 is 5.82 Å². The Hall–Kier alpha value is -1.62. The van der Waals surface area contributed by atoms with Crippen molar-refractivity contribution in [1.82, 2.24) is 5.32 Å². The molecule has 2 amide bonds. The molecule has 0 saturated heterocycles. The Balaban J connectivity index is 1.77. The Morgan fingerprint density at radius 2 is 2.17 bits per heavy atom. The number of hydrogen-bond donors (Lipinski definition) is 3. The van der Waals surface area contributed by atoms with Gasteiger partial charge in [0, 0.05) is 12.6 Å². The minimum atomic E-state index is -0.435. The van der Waals surface area contributed by atoms with Crippen molar-refractivity contribution in [3.05, 3.63) is 30.1 Å². The number of hydrogen-bond acceptors (Lipinski definition) is 2. The molecule has 1 fully saturated rings. The van der Waals surface area contributed by atoms with Gasteiger partial charge in [0.2, 0.25) is 0 Å². The van der Waals surface area contributed by atoms with E-state index >= 15 is 0 Å². The van der Waals surface area contributed by atoms with E-state index in [2.05, 4.69) is 10.6 Å². The maximum absolute atomic E-state index is 13.3. The summed E-state index contributed by atoms with van der Waals surface area (Å²) in [6.45, 7) is 0.591. The smallest absolute Gasteiger partial charge is 0.319 e. The molecule has 98 valence electrons. The fourth-order valence-electron chi connectivity index (χ4n) is 2.27. The summed E-state index contributed by atoms with van der Waals surface area (Å²) in [5, 5.41) is 5.24. The lowest BCUT2D eigenvalue weighted by atomic mass is 10.1. The van der Waals surface area contributed by atoms with E-state index in [0.717, 1.165) is 19.3 Å². The molecule has 0 aromatic heterocycles. The number of anilines is 1. The number of benzene rings is 1. The van der Waals surface area contributed by atoms with Gasteiger partial charge in [-0.2, -0.15) is 0 Å². The van der Waals surface area contributed by atoms with Crippen LogP contribution in [0, 0.1) is 11.7 Å². The van der Waals surface area contributed by atoms with Gasteiger partial charge in [0.05, 0.1) is 5.69 Å². The number of carbonyl (C=O) groups excluding carboxylic acids is 1. The van der Waals surface area contributed by atoms with Crippen LogP contribution < -0.4 is 16.4 Å². The summed E-state index contributed by atoms with van der Waals surface area (Å²) in [7, 11) is 0.